The summed E-state index contributed by atoms with van der Waals surface area (Å²) in [5.41, 5.74) is 3.35. The van der Waals surface area contributed by atoms with Gasteiger partial charge in [0.05, 0.1) is 28.5 Å². The lowest BCUT2D eigenvalue weighted by atomic mass is 9.91. The molecule has 0 aliphatic carbocycles. The molecule has 0 spiro atoms. The van der Waals surface area contributed by atoms with E-state index in [2.05, 4.69) is 26.0 Å². The first-order valence-electron chi connectivity index (χ1n) is 14.1. The van der Waals surface area contributed by atoms with Crippen molar-refractivity contribution in [2.24, 2.45) is 4.99 Å². The predicted octanol–water partition coefficient (Wildman–Crippen LogP) is 6.80. The van der Waals surface area contributed by atoms with Crippen molar-refractivity contribution in [1.29, 1.82) is 0 Å². The van der Waals surface area contributed by atoms with Gasteiger partial charge < -0.3 is 9.15 Å². The highest BCUT2D eigenvalue weighted by Crippen LogP contribution is 2.36. The molecule has 8 heteroatoms. The van der Waals surface area contributed by atoms with E-state index >= 15 is 0 Å². The lowest BCUT2D eigenvalue weighted by molar-refractivity contribution is -0.138. The van der Waals surface area contributed by atoms with Gasteiger partial charge in [0.15, 0.2) is 9.89 Å². The van der Waals surface area contributed by atoms with Crippen molar-refractivity contribution in [3.05, 3.63) is 145 Å². The van der Waals surface area contributed by atoms with E-state index in [1.807, 2.05) is 84.9 Å². The van der Waals surface area contributed by atoms with Crippen molar-refractivity contribution in [2.45, 2.75) is 42.7 Å². The Kier molecular flexibility index (Phi) is 8.31. The average molecular weight is 607 g/mol. The van der Waals surface area contributed by atoms with E-state index in [1.54, 1.807) is 17.6 Å². The largest absolute Gasteiger partial charge is 0.463 e. The number of thiazole rings is 1. The van der Waals surface area contributed by atoms with Gasteiger partial charge in [-0.15, -0.1) is 0 Å². The number of fused-ring (bicyclic) bond motifs is 1. The van der Waals surface area contributed by atoms with Crippen LogP contribution in [0, 0.1) is 0 Å². The molecule has 5 aromatic rings. The maximum absolute atomic E-state index is 14.1. The zero-order valence-electron chi connectivity index (χ0n) is 24.0. The third-order valence-corrected chi connectivity index (χ3v) is 9.04. The first-order chi connectivity index (χ1) is 20.9. The number of hydrogen-bond acceptors (Lipinski definition) is 7. The molecule has 0 fully saturated rings. The van der Waals surface area contributed by atoms with Crippen molar-refractivity contribution >= 4 is 40.8 Å². The summed E-state index contributed by atoms with van der Waals surface area (Å²) in [6.07, 6.45) is 1.74. The Hall–Kier alpha value is -4.40. The third kappa shape index (κ3) is 5.94. The summed E-state index contributed by atoms with van der Waals surface area (Å²) >= 11 is 2.79. The number of carbonyl (C=O) groups is 1. The SMILES string of the molecule is CCOC(=O)C1=C(c2ccccc2)N=c2s/c(=C/c3ccc(Sc4ccccc4)o3)c(=O)n2[C@H]1c1ccc(C(C)C)cc1. The number of rotatable bonds is 8. The minimum atomic E-state index is -0.713. The molecule has 3 aromatic carbocycles. The molecule has 2 aromatic heterocycles. The number of ether oxygens (including phenoxy) is 1. The van der Waals surface area contributed by atoms with Gasteiger partial charge in [0, 0.05) is 16.5 Å². The lowest BCUT2D eigenvalue weighted by Gasteiger charge is -2.26. The number of benzene rings is 3. The van der Waals surface area contributed by atoms with E-state index in [4.69, 9.17) is 14.1 Å². The van der Waals surface area contributed by atoms with Crippen LogP contribution in [0.15, 0.2) is 127 Å². The van der Waals surface area contributed by atoms with Crippen LogP contribution in [0.25, 0.3) is 11.8 Å². The van der Waals surface area contributed by atoms with Gasteiger partial charge in [-0.05, 0) is 48.2 Å². The molecule has 0 N–H and O–H groups in total. The van der Waals surface area contributed by atoms with Gasteiger partial charge in [0.2, 0.25) is 0 Å². The zero-order valence-corrected chi connectivity index (χ0v) is 25.7. The number of carbonyl (C=O) groups excluding carboxylic acids is 1. The maximum atomic E-state index is 14.1. The minimum absolute atomic E-state index is 0.204. The first kappa shape index (κ1) is 28.7. The van der Waals surface area contributed by atoms with Crippen LogP contribution in [0.5, 0.6) is 0 Å². The molecule has 0 amide bonds. The van der Waals surface area contributed by atoms with Crippen LogP contribution in [-0.2, 0) is 9.53 Å². The topological polar surface area (TPSA) is 73.8 Å². The fourth-order valence-corrected chi connectivity index (χ4v) is 6.80. The molecule has 0 unspecified atom stereocenters. The third-order valence-electron chi connectivity index (χ3n) is 7.13. The molecule has 1 aliphatic heterocycles. The van der Waals surface area contributed by atoms with Gasteiger partial charge in [-0.25, -0.2) is 9.79 Å². The Bertz CT molecular complexity index is 1970. The predicted molar refractivity (Wildman–Crippen MR) is 171 cm³/mol. The molecule has 0 saturated carbocycles. The Morgan fingerprint density at radius 3 is 2.37 bits per heavy atom. The Morgan fingerprint density at radius 1 is 1.00 bits per heavy atom. The Balaban J connectivity index is 1.52. The summed E-state index contributed by atoms with van der Waals surface area (Å²) < 4.78 is 13.7. The van der Waals surface area contributed by atoms with E-state index < -0.39 is 12.0 Å². The van der Waals surface area contributed by atoms with Crippen molar-refractivity contribution in [3.63, 3.8) is 0 Å². The second kappa shape index (κ2) is 12.5. The molecule has 0 radical (unpaired) electrons. The molecule has 3 heterocycles. The van der Waals surface area contributed by atoms with Crippen LogP contribution >= 0.6 is 23.1 Å². The fraction of sp³-hybridized carbons (Fsp3) is 0.171. The highest BCUT2D eigenvalue weighted by molar-refractivity contribution is 7.99. The summed E-state index contributed by atoms with van der Waals surface area (Å²) in [4.78, 5) is 34.2. The quantitative estimate of drug-likeness (QED) is 0.182. The van der Waals surface area contributed by atoms with Crippen LogP contribution in [0.2, 0.25) is 0 Å². The summed E-state index contributed by atoms with van der Waals surface area (Å²) in [6, 6.07) is 30.7. The Labute approximate surface area is 257 Å². The molecular weight excluding hydrogens is 577 g/mol. The van der Waals surface area contributed by atoms with Gasteiger partial charge >= 0.3 is 5.97 Å². The summed E-state index contributed by atoms with van der Waals surface area (Å²) in [5.74, 6) is 0.412. The van der Waals surface area contributed by atoms with Crippen molar-refractivity contribution < 1.29 is 13.9 Å². The van der Waals surface area contributed by atoms with Crippen LogP contribution < -0.4 is 14.9 Å². The smallest absolute Gasteiger partial charge is 0.338 e. The standard InChI is InChI=1S/C35H30N2O4S2/c1-4-40-34(39)30-31(24-11-7-5-8-12-24)36-35-37(32(30)25-17-15-23(16-18-25)22(2)3)33(38)28(43-35)21-26-19-20-29(41-26)42-27-13-9-6-10-14-27/h5-22,32H,4H2,1-3H3/b28-21+/t32-/m0/s1. The van der Waals surface area contributed by atoms with Gasteiger partial charge in [-0.2, -0.15) is 0 Å². The number of nitrogens with zero attached hydrogens (tertiary/aromatic N) is 2. The number of aromatic nitrogens is 1. The normalized spacial score (nSPS) is 15.0. The highest BCUT2D eigenvalue weighted by Gasteiger charge is 2.35. The van der Waals surface area contributed by atoms with Gasteiger partial charge in [-0.1, -0.05) is 110 Å². The molecule has 1 atom stereocenters. The van der Waals surface area contributed by atoms with Gasteiger partial charge in [-0.3, -0.25) is 9.36 Å². The second-order valence-corrected chi connectivity index (χ2v) is 12.4. The number of furan rings is 1. The van der Waals surface area contributed by atoms with E-state index in [0.29, 0.717) is 32.3 Å². The minimum Gasteiger partial charge on any atom is -0.463 e. The van der Waals surface area contributed by atoms with Crippen LogP contribution in [0.4, 0.5) is 0 Å². The summed E-state index contributed by atoms with van der Waals surface area (Å²) in [6.45, 7) is 6.24. The summed E-state index contributed by atoms with van der Waals surface area (Å²) in [7, 11) is 0. The van der Waals surface area contributed by atoms with Crippen molar-refractivity contribution in [2.75, 3.05) is 6.61 Å². The van der Waals surface area contributed by atoms with Crippen molar-refractivity contribution in [3.8, 4) is 0 Å². The zero-order chi connectivity index (χ0) is 29.9. The van der Waals surface area contributed by atoms with Crippen molar-refractivity contribution in [1.82, 2.24) is 4.57 Å². The fourth-order valence-electron chi connectivity index (χ4n) is 5.02. The van der Waals surface area contributed by atoms with Crippen LogP contribution in [0.1, 0.15) is 55.2 Å². The average Bonchev–Trinajstić information content (AvgIpc) is 3.60. The molecule has 6 rings (SSSR count). The molecule has 216 valence electrons. The monoisotopic (exact) mass is 606 g/mol. The summed E-state index contributed by atoms with van der Waals surface area (Å²) in [5, 5.41) is 0.726. The number of hydrogen-bond donors (Lipinski definition) is 0. The second-order valence-electron chi connectivity index (χ2n) is 10.3. The molecule has 0 bridgehead atoms. The molecule has 0 saturated heterocycles. The van der Waals surface area contributed by atoms with E-state index in [1.165, 1.54) is 28.7 Å². The van der Waals surface area contributed by atoms with Crippen LogP contribution in [-0.4, -0.2) is 17.1 Å². The molecule has 6 nitrogen and oxygen atoms in total. The highest BCUT2D eigenvalue weighted by atomic mass is 32.2. The van der Waals surface area contributed by atoms with E-state index in [-0.39, 0.29) is 12.2 Å². The molecular formula is C35H30N2O4S2. The Morgan fingerprint density at radius 2 is 1.70 bits per heavy atom. The number of esters is 1. The maximum Gasteiger partial charge on any atom is 0.338 e. The van der Waals surface area contributed by atoms with Crippen LogP contribution in [0.3, 0.4) is 0 Å². The van der Waals surface area contributed by atoms with E-state index in [0.717, 1.165) is 21.1 Å². The molecule has 1 aliphatic rings. The first-order valence-corrected chi connectivity index (χ1v) is 15.8. The van der Waals surface area contributed by atoms with Gasteiger partial charge in [0.25, 0.3) is 5.56 Å². The van der Waals surface area contributed by atoms with E-state index in [9.17, 15) is 9.59 Å². The molecule has 43 heavy (non-hydrogen) atoms. The lowest BCUT2D eigenvalue weighted by Crippen LogP contribution is -2.40. The van der Waals surface area contributed by atoms with Gasteiger partial charge in [0.1, 0.15) is 5.76 Å².